The molecular formula is C38H41FN10. The number of piperidine rings is 1. The molecule has 0 bridgehead atoms. The zero-order chi connectivity index (χ0) is 34.8. The molecule has 0 aliphatic carbocycles. The maximum atomic E-state index is 14.0. The molecule has 5 heterocycles. The van der Waals surface area contributed by atoms with Gasteiger partial charge in [0.25, 0.3) is 0 Å². The number of rotatable bonds is 7. The lowest BCUT2D eigenvalue weighted by atomic mass is 10.0. The van der Waals surface area contributed by atoms with Crippen LogP contribution in [0.3, 0.4) is 0 Å². The molecule has 1 aliphatic heterocycles. The number of hydrogen-bond acceptors (Lipinski definition) is 9. The van der Waals surface area contributed by atoms with Gasteiger partial charge < -0.3 is 11.1 Å². The fraction of sp³-hybridized carbons (Fsp3) is 0.263. The van der Waals surface area contributed by atoms with Crippen LogP contribution in [0, 0.1) is 17.1 Å². The van der Waals surface area contributed by atoms with Gasteiger partial charge in [0.05, 0.1) is 11.3 Å². The molecule has 0 spiro atoms. The highest BCUT2D eigenvalue weighted by atomic mass is 19.1. The summed E-state index contributed by atoms with van der Waals surface area (Å²) in [6, 6.07) is 26.2. The summed E-state index contributed by atoms with van der Waals surface area (Å²) in [4.78, 5) is 25.0. The normalized spacial score (nSPS) is 13.1. The van der Waals surface area contributed by atoms with Crippen LogP contribution in [0.15, 0.2) is 91.3 Å². The van der Waals surface area contributed by atoms with Gasteiger partial charge in [-0.2, -0.15) is 5.26 Å². The number of likely N-dealkylation sites (tertiary alicyclic amines) is 1. The molecule has 49 heavy (non-hydrogen) atoms. The van der Waals surface area contributed by atoms with E-state index in [2.05, 4.69) is 55.5 Å². The number of aromatic nitrogens is 6. The van der Waals surface area contributed by atoms with Crippen molar-refractivity contribution in [1.82, 2.24) is 34.4 Å². The van der Waals surface area contributed by atoms with Crippen LogP contribution in [0.2, 0.25) is 0 Å². The molecule has 1 aliphatic rings. The molecule has 7 rings (SSSR count). The summed E-state index contributed by atoms with van der Waals surface area (Å²) >= 11 is 0. The predicted octanol–water partition coefficient (Wildman–Crippen LogP) is 7.66. The Morgan fingerprint density at radius 2 is 1.65 bits per heavy atom. The number of imidazole rings is 1. The molecule has 1 saturated heterocycles. The van der Waals surface area contributed by atoms with Crippen molar-refractivity contribution < 1.29 is 4.39 Å². The third-order valence-corrected chi connectivity index (χ3v) is 8.00. The molecule has 0 atom stereocenters. The van der Waals surface area contributed by atoms with Crippen molar-refractivity contribution in [2.75, 3.05) is 24.1 Å². The molecule has 0 amide bonds. The van der Waals surface area contributed by atoms with Crippen molar-refractivity contribution in [3.8, 4) is 34.4 Å². The Hall–Kier alpha value is -5.73. The first-order valence-electron chi connectivity index (χ1n) is 16.7. The summed E-state index contributed by atoms with van der Waals surface area (Å²) < 4.78 is 16.0. The van der Waals surface area contributed by atoms with Crippen molar-refractivity contribution in [3.05, 3.63) is 108 Å². The highest BCUT2D eigenvalue weighted by molar-refractivity contribution is 5.84. The second kappa shape index (κ2) is 16.4. The standard InChI is InChI=1S/C34H29FN10.2C2H6/c35-24-4-1-3-23(19-24)29-10-11-30-33(42-29)45(32(43-30)28-5-2-15-38-31(28)37)27-8-6-22(7-9-27)21-44-17-13-25(14-18-44)40-34-39-16-12-26(20-36)41-34;2*1-2/h1-12,15-16,19,25H,13-14,17-18,21H2,(H2,37,38)(H,39,40,41);2*1-2H3. The number of halogens is 1. The van der Waals surface area contributed by atoms with Gasteiger partial charge in [-0.25, -0.2) is 29.3 Å². The monoisotopic (exact) mass is 656 g/mol. The molecule has 4 aromatic heterocycles. The van der Waals surface area contributed by atoms with Crippen LogP contribution in [-0.4, -0.2) is 53.5 Å². The topological polar surface area (TPSA) is 134 Å². The van der Waals surface area contributed by atoms with E-state index in [1.54, 1.807) is 24.5 Å². The van der Waals surface area contributed by atoms with Crippen molar-refractivity contribution in [2.45, 2.75) is 53.1 Å². The van der Waals surface area contributed by atoms with Gasteiger partial charge in [0, 0.05) is 49.3 Å². The molecule has 6 aromatic rings. The molecule has 0 saturated carbocycles. The highest BCUT2D eigenvalue weighted by Gasteiger charge is 2.21. The van der Waals surface area contributed by atoms with Crippen LogP contribution in [0.25, 0.3) is 39.5 Å². The van der Waals surface area contributed by atoms with Gasteiger partial charge in [-0.05, 0) is 73.0 Å². The Balaban J connectivity index is 0.00000113. The van der Waals surface area contributed by atoms with Crippen LogP contribution >= 0.6 is 0 Å². The molecular weight excluding hydrogens is 615 g/mol. The van der Waals surface area contributed by atoms with Gasteiger partial charge in [-0.1, -0.05) is 52.0 Å². The lowest BCUT2D eigenvalue weighted by Gasteiger charge is -2.32. The van der Waals surface area contributed by atoms with Crippen molar-refractivity contribution in [2.24, 2.45) is 0 Å². The van der Waals surface area contributed by atoms with Gasteiger partial charge in [0.15, 0.2) is 11.5 Å². The fourth-order valence-corrected chi connectivity index (χ4v) is 5.71. The molecule has 1 fully saturated rings. The summed E-state index contributed by atoms with van der Waals surface area (Å²) in [5.41, 5.74) is 12.1. The maximum Gasteiger partial charge on any atom is 0.224 e. The SMILES string of the molecule is CC.CC.N#Cc1ccnc(NC2CCN(Cc3ccc(-n4c(-c5cccnc5N)nc5ccc(-c6cccc(F)c6)nc54)cc3)CC2)n1. The fourth-order valence-electron chi connectivity index (χ4n) is 5.71. The first-order chi connectivity index (χ1) is 24.0. The van der Waals surface area contributed by atoms with E-state index in [4.69, 9.17) is 21.0 Å². The third-order valence-electron chi connectivity index (χ3n) is 8.00. The van der Waals surface area contributed by atoms with E-state index in [1.807, 2.05) is 62.6 Å². The molecule has 3 N–H and O–H groups in total. The van der Waals surface area contributed by atoms with Crippen molar-refractivity contribution in [3.63, 3.8) is 0 Å². The number of benzene rings is 2. The molecule has 2 aromatic carbocycles. The van der Waals surface area contributed by atoms with Crippen LogP contribution in [-0.2, 0) is 6.54 Å². The molecule has 0 unspecified atom stereocenters. The Kier molecular flexibility index (Phi) is 11.6. The smallest absolute Gasteiger partial charge is 0.224 e. The number of pyridine rings is 2. The van der Waals surface area contributed by atoms with E-state index in [1.165, 1.54) is 17.7 Å². The summed E-state index contributed by atoms with van der Waals surface area (Å²) in [5.74, 6) is 1.19. The predicted molar refractivity (Wildman–Crippen MR) is 193 cm³/mol. The number of hydrogen-bond donors (Lipinski definition) is 2. The number of nitrogens with zero attached hydrogens (tertiary/aromatic N) is 8. The zero-order valence-electron chi connectivity index (χ0n) is 28.3. The number of nitrogens with two attached hydrogens (primary N) is 1. The second-order valence-corrected chi connectivity index (χ2v) is 11.0. The zero-order valence-corrected chi connectivity index (χ0v) is 28.3. The summed E-state index contributed by atoms with van der Waals surface area (Å²) in [6.45, 7) is 10.7. The van der Waals surface area contributed by atoms with Gasteiger partial charge >= 0.3 is 0 Å². The quantitative estimate of drug-likeness (QED) is 0.178. The van der Waals surface area contributed by atoms with Crippen LogP contribution < -0.4 is 11.1 Å². The van der Waals surface area contributed by atoms with Crippen molar-refractivity contribution in [1.29, 1.82) is 5.26 Å². The first-order valence-corrected chi connectivity index (χ1v) is 16.7. The van der Waals surface area contributed by atoms with Crippen molar-refractivity contribution >= 4 is 22.9 Å². The number of nitriles is 1. The molecule has 250 valence electrons. The first kappa shape index (κ1) is 34.6. The van der Waals surface area contributed by atoms with Gasteiger partial charge in [-0.3, -0.25) is 9.47 Å². The van der Waals surface area contributed by atoms with Crippen LogP contribution in [0.4, 0.5) is 16.2 Å². The van der Waals surface area contributed by atoms with Gasteiger partial charge in [0.2, 0.25) is 5.95 Å². The summed E-state index contributed by atoms with van der Waals surface area (Å²) in [7, 11) is 0. The Labute approximate surface area is 286 Å². The lowest BCUT2D eigenvalue weighted by Crippen LogP contribution is -2.39. The van der Waals surface area contributed by atoms with E-state index in [0.29, 0.717) is 51.3 Å². The highest BCUT2D eigenvalue weighted by Crippen LogP contribution is 2.32. The summed E-state index contributed by atoms with van der Waals surface area (Å²) in [5, 5.41) is 12.5. The van der Waals surface area contributed by atoms with Gasteiger partial charge in [0.1, 0.15) is 28.9 Å². The minimum absolute atomic E-state index is 0.259. The average molecular weight is 657 g/mol. The average Bonchev–Trinajstić information content (AvgIpc) is 3.53. The number of nitrogen functional groups attached to an aromatic ring is 1. The lowest BCUT2D eigenvalue weighted by molar-refractivity contribution is 0.211. The Morgan fingerprint density at radius 3 is 2.37 bits per heavy atom. The van der Waals surface area contributed by atoms with E-state index in [0.717, 1.165) is 38.2 Å². The largest absolute Gasteiger partial charge is 0.383 e. The molecule has 10 nitrogen and oxygen atoms in total. The minimum atomic E-state index is -0.317. The Morgan fingerprint density at radius 1 is 0.878 bits per heavy atom. The molecule has 11 heteroatoms. The Bertz CT molecular complexity index is 2030. The van der Waals surface area contributed by atoms with E-state index in [9.17, 15) is 4.39 Å². The third kappa shape index (κ3) is 8.05. The van der Waals surface area contributed by atoms with E-state index >= 15 is 0 Å². The summed E-state index contributed by atoms with van der Waals surface area (Å²) in [6.07, 6.45) is 5.16. The minimum Gasteiger partial charge on any atom is -0.383 e. The van der Waals surface area contributed by atoms with E-state index < -0.39 is 0 Å². The van der Waals surface area contributed by atoms with Crippen LogP contribution in [0.1, 0.15) is 51.8 Å². The van der Waals surface area contributed by atoms with Gasteiger partial charge in [-0.15, -0.1) is 0 Å². The number of nitrogens with one attached hydrogen (secondary N) is 1. The number of fused-ring (bicyclic) bond motifs is 1. The number of anilines is 2. The second-order valence-electron chi connectivity index (χ2n) is 11.0. The van der Waals surface area contributed by atoms with E-state index in [-0.39, 0.29) is 11.9 Å². The maximum absolute atomic E-state index is 14.0. The molecule has 0 radical (unpaired) electrons. The van der Waals surface area contributed by atoms with Crippen LogP contribution in [0.5, 0.6) is 0 Å².